The van der Waals surface area contributed by atoms with E-state index in [1.165, 1.54) is 42.8 Å². The van der Waals surface area contributed by atoms with E-state index in [1.807, 2.05) is 6.07 Å². The molecule has 5 heteroatoms. The molecule has 0 amide bonds. The summed E-state index contributed by atoms with van der Waals surface area (Å²) in [6.45, 7) is 4.40. The maximum absolute atomic E-state index is 9.08. The van der Waals surface area contributed by atoms with Crippen LogP contribution >= 0.6 is 11.3 Å². The van der Waals surface area contributed by atoms with Gasteiger partial charge in [-0.05, 0) is 51.7 Å². The van der Waals surface area contributed by atoms with Crippen molar-refractivity contribution >= 4 is 11.3 Å². The monoisotopic (exact) mass is 312 g/mol. The zero-order valence-electron chi connectivity index (χ0n) is 13.0. The molecule has 0 N–H and O–H groups in total. The lowest BCUT2D eigenvalue weighted by molar-refractivity contribution is 0.382. The Morgan fingerprint density at radius 3 is 2.55 bits per heavy atom. The minimum absolute atomic E-state index is 0.197. The van der Waals surface area contributed by atoms with Crippen molar-refractivity contribution in [2.24, 2.45) is 0 Å². The molecule has 4 rings (SSSR count). The van der Waals surface area contributed by atoms with Gasteiger partial charge in [-0.15, -0.1) is 21.5 Å². The van der Waals surface area contributed by atoms with Gasteiger partial charge in [0.2, 0.25) is 0 Å². The SMILES string of the molecule is CC(C)(c1ccc(C#N)s1)c1nnc(C2CCC2)n1C1CC1. The lowest BCUT2D eigenvalue weighted by Crippen LogP contribution is -2.25. The van der Waals surface area contributed by atoms with Crippen molar-refractivity contribution in [3.8, 4) is 6.07 Å². The van der Waals surface area contributed by atoms with E-state index < -0.39 is 0 Å². The van der Waals surface area contributed by atoms with Gasteiger partial charge in [-0.25, -0.2) is 0 Å². The highest BCUT2D eigenvalue weighted by atomic mass is 32.1. The van der Waals surface area contributed by atoms with E-state index in [0.717, 1.165) is 10.7 Å². The van der Waals surface area contributed by atoms with Gasteiger partial charge in [0.25, 0.3) is 0 Å². The van der Waals surface area contributed by atoms with E-state index in [1.54, 1.807) is 11.3 Å². The predicted octanol–water partition coefficient (Wildman–Crippen LogP) is 4.14. The number of nitrogens with zero attached hydrogens (tertiary/aromatic N) is 4. The molecule has 0 radical (unpaired) electrons. The molecule has 0 unspecified atom stereocenters. The van der Waals surface area contributed by atoms with E-state index in [9.17, 15) is 0 Å². The molecule has 0 bridgehead atoms. The largest absolute Gasteiger partial charge is 0.311 e. The van der Waals surface area contributed by atoms with Crippen molar-refractivity contribution in [3.63, 3.8) is 0 Å². The molecule has 2 saturated carbocycles. The Morgan fingerprint density at radius 2 is 2.00 bits per heavy atom. The van der Waals surface area contributed by atoms with Gasteiger partial charge in [-0.2, -0.15) is 5.26 Å². The van der Waals surface area contributed by atoms with Crippen molar-refractivity contribution in [3.05, 3.63) is 33.5 Å². The summed E-state index contributed by atoms with van der Waals surface area (Å²) in [5.41, 5.74) is -0.197. The molecule has 2 aliphatic carbocycles. The van der Waals surface area contributed by atoms with Gasteiger partial charge in [-0.3, -0.25) is 0 Å². The Bertz CT molecular complexity index is 741. The van der Waals surface area contributed by atoms with Gasteiger partial charge in [0, 0.05) is 16.8 Å². The molecule has 114 valence electrons. The molecule has 2 fully saturated rings. The van der Waals surface area contributed by atoms with Gasteiger partial charge in [-0.1, -0.05) is 6.42 Å². The fraction of sp³-hybridized carbons (Fsp3) is 0.588. The molecular formula is C17H20N4S. The van der Waals surface area contributed by atoms with Crippen molar-refractivity contribution < 1.29 is 0 Å². The van der Waals surface area contributed by atoms with Crippen LogP contribution in [0.15, 0.2) is 12.1 Å². The highest BCUT2D eigenvalue weighted by molar-refractivity contribution is 7.12. The zero-order chi connectivity index (χ0) is 15.3. The van der Waals surface area contributed by atoms with Crippen LogP contribution in [0.5, 0.6) is 0 Å². The fourth-order valence-corrected chi connectivity index (χ4v) is 4.11. The van der Waals surface area contributed by atoms with Crippen LogP contribution in [0.3, 0.4) is 0 Å². The molecule has 2 aromatic heterocycles. The van der Waals surface area contributed by atoms with Gasteiger partial charge in [0.05, 0.1) is 5.41 Å². The molecule has 0 spiro atoms. The Kier molecular flexibility index (Phi) is 3.12. The smallest absolute Gasteiger partial charge is 0.144 e. The van der Waals surface area contributed by atoms with Gasteiger partial charge in [0.15, 0.2) is 0 Å². The van der Waals surface area contributed by atoms with E-state index in [0.29, 0.717) is 12.0 Å². The summed E-state index contributed by atoms with van der Waals surface area (Å²) >= 11 is 1.57. The molecular weight excluding hydrogens is 292 g/mol. The second-order valence-electron chi connectivity index (χ2n) is 7.01. The first-order valence-corrected chi connectivity index (χ1v) is 8.88. The zero-order valence-corrected chi connectivity index (χ0v) is 13.9. The second kappa shape index (κ2) is 4.92. The maximum atomic E-state index is 9.08. The van der Waals surface area contributed by atoms with Crippen LogP contribution in [0, 0.1) is 11.3 Å². The van der Waals surface area contributed by atoms with Crippen LogP contribution in [0.4, 0.5) is 0 Å². The average Bonchev–Trinajstić information content (AvgIpc) is 3.00. The molecule has 4 nitrogen and oxygen atoms in total. The van der Waals surface area contributed by atoms with Gasteiger partial charge in [0.1, 0.15) is 22.6 Å². The fourth-order valence-electron chi connectivity index (χ4n) is 3.21. The first-order chi connectivity index (χ1) is 10.6. The number of aromatic nitrogens is 3. The van der Waals surface area contributed by atoms with Crippen LogP contribution in [-0.2, 0) is 5.41 Å². The van der Waals surface area contributed by atoms with Crippen LogP contribution in [0.2, 0.25) is 0 Å². The van der Waals surface area contributed by atoms with Crippen LogP contribution in [0.25, 0.3) is 0 Å². The third-order valence-corrected chi connectivity index (χ3v) is 6.31. The molecule has 0 atom stereocenters. The Morgan fingerprint density at radius 1 is 1.23 bits per heavy atom. The maximum Gasteiger partial charge on any atom is 0.144 e. The summed E-state index contributed by atoms with van der Waals surface area (Å²) in [5, 5.41) is 18.3. The molecule has 0 aromatic carbocycles. The van der Waals surface area contributed by atoms with E-state index >= 15 is 0 Å². The van der Waals surface area contributed by atoms with Crippen molar-refractivity contribution in [1.82, 2.24) is 14.8 Å². The number of thiophene rings is 1. The molecule has 2 aliphatic rings. The Hall–Kier alpha value is -1.67. The quantitative estimate of drug-likeness (QED) is 0.852. The normalized spacial score (nSPS) is 19.0. The van der Waals surface area contributed by atoms with E-state index in [-0.39, 0.29) is 5.41 Å². The number of rotatable bonds is 4. The molecule has 0 saturated heterocycles. The van der Waals surface area contributed by atoms with Crippen LogP contribution in [0.1, 0.15) is 79.3 Å². The van der Waals surface area contributed by atoms with Crippen LogP contribution < -0.4 is 0 Å². The van der Waals surface area contributed by atoms with E-state index in [2.05, 4.69) is 40.7 Å². The first kappa shape index (κ1) is 14.0. The summed E-state index contributed by atoms with van der Waals surface area (Å²) in [5.74, 6) is 2.88. The molecule has 2 aromatic rings. The third-order valence-electron chi connectivity index (χ3n) is 5.00. The summed E-state index contributed by atoms with van der Waals surface area (Å²) in [6.07, 6.45) is 6.31. The Balaban J connectivity index is 1.77. The van der Waals surface area contributed by atoms with Crippen LogP contribution in [-0.4, -0.2) is 14.8 Å². The number of nitriles is 1. The van der Waals surface area contributed by atoms with E-state index in [4.69, 9.17) is 5.26 Å². The predicted molar refractivity (Wildman–Crippen MR) is 86.0 cm³/mol. The summed E-state index contributed by atoms with van der Waals surface area (Å²) in [7, 11) is 0. The summed E-state index contributed by atoms with van der Waals surface area (Å²) < 4.78 is 2.43. The third kappa shape index (κ3) is 2.09. The molecule has 22 heavy (non-hydrogen) atoms. The Labute approximate surface area is 134 Å². The summed E-state index contributed by atoms with van der Waals surface area (Å²) in [6, 6.07) is 6.81. The lowest BCUT2D eigenvalue weighted by atomic mass is 9.84. The average molecular weight is 312 g/mol. The van der Waals surface area contributed by atoms with Gasteiger partial charge >= 0.3 is 0 Å². The standard InChI is InChI=1S/C17H20N4S/c1-17(2,14-9-8-13(10-18)22-14)16-20-19-15(11-4-3-5-11)21(16)12-6-7-12/h8-9,11-12H,3-7H2,1-2H3. The highest BCUT2D eigenvalue weighted by Gasteiger charge is 2.39. The molecule has 0 aliphatic heterocycles. The minimum atomic E-state index is -0.197. The topological polar surface area (TPSA) is 54.5 Å². The van der Waals surface area contributed by atoms with Crippen molar-refractivity contribution in [2.45, 2.75) is 63.3 Å². The van der Waals surface area contributed by atoms with Gasteiger partial charge < -0.3 is 4.57 Å². The number of hydrogen-bond acceptors (Lipinski definition) is 4. The minimum Gasteiger partial charge on any atom is -0.311 e. The highest BCUT2D eigenvalue weighted by Crippen LogP contribution is 2.46. The first-order valence-electron chi connectivity index (χ1n) is 8.07. The lowest BCUT2D eigenvalue weighted by Gasteiger charge is -2.28. The number of hydrogen-bond donors (Lipinski definition) is 0. The second-order valence-corrected chi connectivity index (χ2v) is 8.10. The van der Waals surface area contributed by atoms with Crippen molar-refractivity contribution in [1.29, 1.82) is 5.26 Å². The molecule has 2 heterocycles. The summed E-state index contributed by atoms with van der Waals surface area (Å²) in [4.78, 5) is 1.96. The van der Waals surface area contributed by atoms with Crippen molar-refractivity contribution in [2.75, 3.05) is 0 Å².